The molecule has 2 rings (SSSR count). The number of hydrogen-bond donors (Lipinski definition) is 6. The Morgan fingerprint density at radius 2 is 0.920 bits per heavy atom. The number of hydrogen-bond acceptors (Lipinski definition) is 6. The fraction of sp³-hybridized carbons (Fsp3) is 0.368. The first-order valence-corrected chi connectivity index (χ1v) is 7.94. The average molecular weight is 348 g/mol. The van der Waals surface area contributed by atoms with Crippen LogP contribution >= 0.6 is 0 Å². The number of phenols is 2. The van der Waals surface area contributed by atoms with Crippen molar-refractivity contribution in [2.24, 2.45) is 0 Å². The number of benzene rings is 2. The van der Waals surface area contributed by atoms with Gasteiger partial charge in [0.1, 0.15) is 11.5 Å². The number of rotatable bonds is 6. The molecule has 0 heterocycles. The SMILES string of the molecule is CC(C)(c1cc(CO)c(O)cc1CO)c1cc(CO)c(O)cc1CO. The zero-order chi connectivity index (χ0) is 18.8. The molecule has 2 aromatic rings. The van der Waals surface area contributed by atoms with E-state index in [1.165, 1.54) is 12.1 Å². The Bertz CT molecular complexity index is 703. The van der Waals surface area contributed by atoms with Gasteiger partial charge in [-0.1, -0.05) is 13.8 Å². The quantitative estimate of drug-likeness (QED) is 0.469. The first kappa shape index (κ1) is 19.2. The van der Waals surface area contributed by atoms with Crippen LogP contribution in [0.25, 0.3) is 0 Å². The molecule has 0 unspecified atom stereocenters. The molecule has 0 spiro atoms. The van der Waals surface area contributed by atoms with Gasteiger partial charge < -0.3 is 30.6 Å². The maximum atomic E-state index is 9.93. The van der Waals surface area contributed by atoms with Crippen molar-refractivity contribution in [1.82, 2.24) is 0 Å². The summed E-state index contributed by atoms with van der Waals surface area (Å²) in [5, 5.41) is 58.1. The smallest absolute Gasteiger partial charge is 0.121 e. The topological polar surface area (TPSA) is 121 Å². The molecule has 0 aliphatic rings. The summed E-state index contributed by atoms with van der Waals surface area (Å²) in [6.45, 7) is 2.41. The average Bonchev–Trinajstić information content (AvgIpc) is 2.60. The van der Waals surface area contributed by atoms with Crippen LogP contribution in [0.1, 0.15) is 47.2 Å². The van der Waals surface area contributed by atoms with Crippen LogP contribution in [-0.2, 0) is 31.8 Å². The summed E-state index contributed by atoms with van der Waals surface area (Å²) in [4.78, 5) is 0. The van der Waals surface area contributed by atoms with Gasteiger partial charge in [0.05, 0.1) is 26.4 Å². The molecule has 0 aromatic heterocycles. The first-order valence-electron chi connectivity index (χ1n) is 7.94. The lowest BCUT2D eigenvalue weighted by Crippen LogP contribution is -2.24. The van der Waals surface area contributed by atoms with E-state index in [2.05, 4.69) is 0 Å². The van der Waals surface area contributed by atoms with Gasteiger partial charge in [-0.3, -0.25) is 0 Å². The van der Waals surface area contributed by atoms with Crippen molar-refractivity contribution >= 4 is 0 Å². The predicted octanol–water partition coefficient (Wildman–Crippen LogP) is 1.39. The highest BCUT2D eigenvalue weighted by atomic mass is 16.3. The van der Waals surface area contributed by atoms with Crippen LogP contribution in [0.2, 0.25) is 0 Å². The molecule has 0 aliphatic heterocycles. The molecular formula is C19H24O6. The summed E-state index contributed by atoms with van der Waals surface area (Å²) in [5.41, 5.74) is 2.23. The second-order valence-electron chi connectivity index (χ2n) is 6.53. The largest absolute Gasteiger partial charge is 0.508 e. The lowest BCUT2D eigenvalue weighted by Gasteiger charge is -2.31. The van der Waals surface area contributed by atoms with Crippen molar-refractivity contribution in [3.8, 4) is 11.5 Å². The van der Waals surface area contributed by atoms with E-state index in [1.54, 1.807) is 12.1 Å². The molecule has 0 fully saturated rings. The van der Waals surface area contributed by atoms with Gasteiger partial charge in [-0.05, 0) is 46.5 Å². The van der Waals surface area contributed by atoms with Gasteiger partial charge in [0.15, 0.2) is 0 Å². The van der Waals surface area contributed by atoms with Crippen molar-refractivity contribution in [3.05, 3.63) is 57.6 Å². The summed E-state index contributed by atoms with van der Waals surface area (Å²) >= 11 is 0. The van der Waals surface area contributed by atoms with Gasteiger partial charge in [-0.2, -0.15) is 0 Å². The van der Waals surface area contributed by atoms with E-state index in [1.807, 2.05) is 13.8 Å². The van der Waals surface area contributed by atoms with E-state index in [0.717, 1.165) is 0 Å². The first-order chi connectivity index (χ1) is 11.8. The zero-order valence-electron chi connectivity index (χ0n) is 14.3. The molecule has 25 heavy (non-hydrogen) atoms. The van der Waals surface area contributed by atoms with Crippen LogP contribution in [0.4, 0.5) is 0 Å². The van der Waals surface area contributed by atoms with Gasteiger partial charge in [0, 0.05) is 16.5 Å². The van der Waals surface area contributed by atoms with Crippen molar-refractivity contribution in [3.63, 3.8) is 0 Å². The monoisotopic (exact) mass is 348 g/mol. The molecule has 136 valence electrons. The van der Waals surface area contributed by atoms with E-state index in [-0.39, 0.29) is 37.9 Å². The van der Waals surface area contributed by atoms with Crippen molar-refractivity contribution in [1.29, 1.82) is 0 Å². The third kappa shape index (κ3) is 3.48. The Morgan fingerprint density at radius 1 is 0.600 bits per heavy atom. The van der Waals surface area contributed by atoms with Gasteiger partial charge in [-0.25, -0.2) is 0 Å². The van der Waals surface area contributed by atoms with E-state index >= 15 is 0 Å². The summed E-state index contributed by atoms with van der Waals surface area (Å²) in [6.07, 6.45) is 0. The van der Waals surface area contributed by atoms with Gasteiger partial charge in [0.2, 0.25) is 0 Å². The maximum absolute atomic E-state index is 9.93. The van der Waals surface area contributed by atoms with Crippen LogP contribution in [-0.4, -0.2) is 30.6 Å². The molecule has 0 saturated heterocycles. The predicted molar refractivity (Wildman–Crippen MR) is 92.0 cm³/mol. The molecular weight excluding hydrogens is 324 g/mol. The molecule has 6 N–H and O–H groups in total. The fourth-order valence-electron chi connectivity index (χ4n) is 3.18. The van der Waals surface area contributed by atoms with Crippen molar-refractivity contribution in [2.45, 2.75) is 45.7 Å². The third-order valence-corrected chi connectivity index (χ3v) is 4.64. The Balaban J connectivity index is 2.74. The van der Waals surface area contributed by atoms with E-state index in [0.29, 0.717) is 33.4 Å². The minimum Gasteiger partial charge on any atom is -0.508 e. The Morgan fingerprint density at radius 3 is 1.20 bits per heavy atom. The summed E-state index contributed by atoms with van der Waals surface area (Å²) < 4.78 is 0. The molecule has 0 aliphatic carbocycles. The van der Waals surface area contributed by atoms with Gasteiger partial charge >= 0.3 is 0 Å². The summed E-state index contributed by atoms with van der Waals surface area (Å²) in [7, 11) is 0. The van der Waals surface area contributed by atoms with Crippen LogP contribution in [0.5, 0.6) is 11.5 Å². The normalized spacial score (nSPS) is 11.8. The lowest BCUT2D eigenvalue weighted by molar-refractivity contribution is 0.267. The minimum atomic E-state index is -0.731. The van der Waals surface area contributed by atoms with Crippen LogP contribution in [0.3, 0.4) is 0 Å². The highest BCUT2D eigenvalue weighted by Gasteiger charge is 2.30. The number of aromatic hydroxyl groups is 2. The molecule has 6 nitrogen and oxygen atoms in total. The zero-order valence-corrected chi connectivity index (χ0v) is 14.3. The van der Waals surface area contributed by atoms with Gasteiger partial charge in [-0.15, -0.1) is 0 Å². The maximum Gasteiger partial charge on any atom is 0.121 e. The van der Waals surface area contributed by atoms with Crippen molar-refractivity contribution in [2.75, 3.05) is 0 Å². The highest BCUT2D eigenvalue weighted by molar-refractivity contribution is 5.53. The standard InChI is InChI=1S/C19H24O6/c1-19(2,15-3-13(9-22)17(24)5-11(15)7-20)16-4-14(10-23)18(25)6-12(16)8-21/h3-6,20-25H,7-10H2,1-2H3. The van der Waals surface area contributed by atoms with E-state index in [9.17, 15) is 30.6 Å². The highest BCUT2D eigenvalue weighted by Crippen LogP contribution is 2.40. The number of aliphatic hydroxyl groups excluding tert-OH is 4. The fourth-order valence-corrected chi connectivity index (χ4v) is 3.18. The lowest BCUT2D eigenvalue weighted by atomic mass is 9.73. The summed E-state index contributed by atoms with van der Waals surface area (Å²) in [6, 6.07) is 6.06. The molecule has 2 aromatic carbocycles. The third-order valence-electron chi connectivity index (χ3n) is 4.64. The van der Waals surface area contributed by atoms with Crippen LogP contribution < -0.4 is 0 Å². The molecule has 0 radical (unpaired) electrons. The number of aliphatic hydroxyl groups is 4. The molecule has 0 bridgehead atoms. The second kappa shape index (κ2) is 7.41. The molecule has 6 heteroatoms. The Hall–Kier alpha value is -2.12. The molecule has 0 atom stereocenters. The van der Waals surface area contributed by atoms with E-state index in [4.69, 9.17) is 0 Å². The van der Waals surface area contributed by atoms with Crippen LogP contribution in [0, 0.1) is 0 Å². The summed E-state index contributed by atoms with van der Waals surface area (Å²) in [5.74, 6) is -0.203. The molecule has 0 saturated carbocycles. The Kier molecular flexibility index (Phi) is 5.69. The van der Waals surface area contributed by atoms with Crippen LogP contribution in [0.15, 0.2) is 24.3 Å². The Labute approximate surface area is 146 Å². The second-order valence-corrected chi connectivity index (χ2v) is 6.53. The van der Waals surface area contributed by atoms with E-state index < -0.39 is 5.41 Å². The van der Waals surface area contributed by atoms with Gasteiger partial charge in [0.25, 0.3) is 0 Å². The van der Waals surface area contributed by atoms with Crippen molar-refractivity contribution < 1.29 is 30.6 Å². The minimum absolute atomic E-state index is 0.102. The molecule has 0 amide bonds.